The van der Waals surface area contributed by atoms with Gasteiger partial charge >= 0.3 is 0 Å². The van der Waals surface area contributed by atoms with Crippen LogP contribution in [0.1, 0.15) is 37.8 Å². The molecule has 6 heteroatoms. The van der Waals surface area contributed by atoms with Gasteiger partial charge in [0.15, 0.2) is 0 Å². The molecule has 0 aromatic heterocycles. The number of hydrogen-bond acceptors (Lipinski definition) is 4. The van der Waals surface area contributed by atoms with Gasteiger partial charge in [0.2, 0.25) is 5.91 Å². The number of piperazine rings is 1. The lowest BCUT2D eigenvalue weighted by molar-refractivity contribution is -0.135. The van der Waals surface area contributed by atoms with Crippen molar-refractivity contribution in [1.82, 2.24) is 20.7 Å². The summed E-state index contributed by atoms with van der Waals surface area (Å²) in [6.45, 7) is 5.57. The molecule has 2 N–H and O–H groups in total. The molecule has 1 amide bonds. The molecule has 3 atom stereocenters. The number of halogens is 1. The van der Waals surface area contributed by atoms with E-state index in [0.717, 1.165) is 49.1 Å². The minimum absolute atomic E-state index is 0.0573. The monoisotopic (exact) mass is 362 g/mol. The van der Waals surface area contributed by atoms with Gasteiger partial charge in [0.25, 0.3) is 0 Å². The Kier molecular flexibility index (Phi) is 5.00. The van der Waals surface area contributed by atoms with Gasteiger partial charge in [0.1, 0.15) is 6.04 Å². The number of hydrogen-bond donors (Lipinski definition) is 2. The molecular weight excluding hydrogens is 336 g/mol. The highest BCUT2D eigenvalue weighted by Gasteiger charge is 2.40. The smallest absolute Gasteiger partial charge is 0.241 e. The van der Waals surface area contributed by atoms with Gasteiger partial charge in [-0.1, -0.05) is 29.8 Å². The summed E-state index contributed by atoms with van der Waals surface area (Å²) in [4.78, 5) is 17.2. The van der Waals surface area contributed by atoms with Crippen LogP contribution >= 0.6 is 11.6 Å². The minimum Gasteiger partial charge on any atom is -0.339 e. The standard InChI is InChI=1S/C19H27ClN4O/c1-13(15-4-2-3-5-16(15)20)23-8-10-24(11-9-23)19(25)18-12-17(21-22-18)14-6-7-14/h2-5,13-14,17-18,21-22H,6-12H2,1H3. The lowest BCUT2D eigenvalue weighted by Gasteiger charge is -2.39. The maximum absolute atomic E-state index is 12.8. The first-order valence-corrected chi connectivity index (χ1v) is 9.79. The number of amides is 1. The number of rotatable bonds is 4. The van der Waals surface area contributed by atoms with Gasteiger partial charge in [-0.25, -0.2) is 5.43 Å². The van der Waals surface area contributed by atoms with Gasteiger partial charge in [-0.3, -0.25) is 15.1 Å². The van der Waals surface area contributed by atoms with Crippen molar-refractivity contribution in [3.8, 4) is 0 Å². The highest BCUT2D eigenvalue weighted by molar-refractivity contribution is 6.31. The largest absolute Gasteiger partial charge is 0.339 e. The molecule has 0 radical (unpaired) electrons. The van der Waals surface area contributed by atoms with Crippen LogP contribution in [0.15, 0.2) is 24.3 Å². The molecule has 2 aliphatic heterocycles. The Hall–Kier alpha value is -1.14. The second kappa shape index (κ2) is 7.23. The quantitative estimate of drug-likeness (QED) is 0.862. The predicted octanol–water partition coefficient (Wildman–Crippen LogP) is 2.19. The summed E-state index contributed by atoms with van der Waals surface area (Å²) in [7, 11) is 0. The summed E-state index contributed by atoms with van der Waals surface area (Å²) < 4.78 is 0. The van der Waals surface area contributed by atoms with E-state index in [4.69, 9.17) is 11.6 Å². The van der Waals surface area contributed by atoms with Crippen molar-refractivity contribution in [1.29, 1.82) is 0 Å². The van der Waals surface area contributed by atoms with E-state index in [-0.39, 0.29) is 18.0 Å². The molecule has 2 heterocycles. The normalized spacial score (nSPS) is 29.0. The number of carbonyl (C=O) groups excluding carboxylic acids is 1. The maximum Gasteiger partial charge on any atom is 0.241 e. The van der Waals surface area contributed by atoms with Crippen LogP contribution < -0.4 is 10.9 Å². The fourth-order valence-corrected chi connectivity index (χ4v) is 4.41. The number of nitrogens with zero attached hydrogens (tertiary/aromatic N) is 2. The summed E-state index contributed by atoms with van der Waals surface area (Å²) in [5.74, 6) is 1.03. The van der Waals surface area contributed by atoms with Gasteiger partial charge in [0, 0.05) is 43.3 Å². The first kappa shape index (κ1) is 17.3. The van der Waals surface area contributed by atoms with E-state index in [2.05, 4.69) is 28.7 Å². The first-order valence-electron chi connectivity index (χ1n) is 9.42. The third-order valence-corrected chi connectivity index (χ3v) is 6.29. The Bertz CT molecular complexity index is 628. The summed E-state index contributed by atoms with van der Waals surface area (Å²) in [6, 6.07) is 8.74. The van der Waals surface area contributed by atoms with Gasteiger partial charge < -0.3 is 4.90 Å². The zero-order valence-electron chi connectivity index (χ0n) is 14.7. The van der Waals surface area contributed by atoms with E-state index in [0.29, 0.717) is 6.04 Å². The Balaban J connectivity index is 1.30. The molecule has 2 saturated heterocycles. The highest BCUT2D eigenvalue weighted by Crippen LogP contribution is 2.36. The molecule has 5 nitrogen and oxygen atoms in total. The third-order valence-electron chi connectivity index (χ3n) is 5.95. The van der Waals surface area contributed by atoms with Crippen LogP contribution in [0.3, 0.4) is 0 Å². The molecule has 3 aliphatic rings. The van der Waals surface area contributed by atoms with Crippen molar-refractivity contribution < 1.29 is 4.79 Å². The van der Waals surface area contributed by atoms with E-state index in [1.807, 2.05) is 23.1 Å². The highest BCUT2D eigenvalue weighted by atomic mass is 35.5. The molecule has 1 saturated carbocycles. The maximum atomic E-state index is 12.8. The van der Waals surface area contributed by atoms with E-state index < -0.39 is 0 Å². The molecule has 0 spiro atoms. The molecule has 1 aromatic carbocycles. The van der Waals surface area contributed by atoms with Crippen LogP contribution in [0, 0.1) is 5.92 Å². The average Bonchev–Trinajstić information content (AvgIpc) is 3.38. The van der Waals surface area contributed by atoms with Crippen LogP contribution in [0.2, 0.25) is 5.02 Å². The lowest BCUT2D eigenvalue weighted by atomic mass is 10.0. The zero-order chi connectivity index (χ0) is 17.4. The van der Waals surface area contributed by atoms with Crippen molar-refractivity contribution in [3.05, 3.63) is 34.9 Å². The SMILES string of the molecule is CC(c1ccccc1Cl)N1CCN(C(=O)C2CC(C3CC3)NN2)CC1. The Labute approximate surface area is 154 Å². The second-order valence-corrected chi connectivity index (χ2v) is 7.99. The Morgan fingerprint density at radius 2 is 1.88 bits per heavy atom. The van der Waals surface area contributed by atoms with E-state index in [9.17, 15) is 4.79 Å². The average molecular weight is 363 g/mol. The molecule has 3 unspecified atom stereocenters. The Morgan fingerprint density at radius 1 is 1.16 bits per heavy atom. The molecule has 4 rings (SSSR count). The van der Waals surface area contributed by atoms with E-state index in [1.54, 1.807) is 0 Å². The molecule has 1 aromatic rings. The molecule has 25 heavy (non-hydrogen) atoms. The molecule has 0 bridgehead atoms. The fourth-order valence-electron chi connectivity index (χ4n) is 4.11. The molecule has 136 valence electrons. The minimum atomic E-state index is -0.0573. The fraction of sp³-hybridized carbons (Fsp3) is 0.632. The van der Waals surface area contributed by atoms with Crippen LogP contribution in [0.5, 0.6) is 0 Å². The Morgan fingerprint density at radius 3 is 2.56 bits per heavy atom. The topological polar surface area (TPSA) is 47.6 Å². The summed E-state index contributed by atoms with van der Waals surface area (Å²) in [5.41, 5.74) is 7.71. The van der Waals surface area contributed by atoms with Crippen molar-refractivity contribution in [2.75, 3.05) is 26.2 Å². The van der Waals surface area contributed by atoms with Crippen LogP contribution in [-0.2, 0) is 4.79 Å². The van der Waals surface area contributed by atoms with Crippen molar-refractivity contribution in [2.45, 2.75) is 44.3 Å². The predicted molar refractivity (Wildman–Crippen MR) is 99.2 cm³/mol. The second-order valence-electron chi connectivity index (χ2n) is 7.58. The first-order chi connectivity index (χ1) is 12.1. The van der Waals surface area contributed by atoms with Crippen LogP contribution in [0.4, 0.5) is 0 Å². The number of carbonyl (C=O) groups is 1. The summed E-state index contributed by atoms with van der Waals surface area (Å²) in [5, 5.41) is 0.820. The number of nitrogens with one attached hydrogen (secondary N) is 2. The van der Waals surface area contributed by atoms with Gasteiger partial charge in [-0.2, -0.15) is 0 Å². The lowest BCUT2D eigenvalue weighted by Crippen LogP contribution is -2.54. The molecule has 3 fully saturated rings. The summed E-state index contributed by atoms with van der Waals surface area (Å²) >= 11 is 6.34. The van der Waals surface area contributed by atoms with E-state index in [1.165, 1.54) is 12.8 Å². The number of benzene rings is 1. The van der Waals surface area contributed by atoms with Crippen LogP contribution in [-0.4, -0.2) is 54.0 Å². The number of hydrazine groups is 1. The van der Waals surface area contributed by atoms with Crippen molar-refractivity contribution in [3.63, 3.8) is 0 Å². The molecule has 1 aliphatic carbocycles. The van der Waals surface area contributed by atoms with Gasteiger partial charge in [0.05, 0.1) is 0 Å². The van der Waals surface area contributed by atoms with Gasteiger partial charge in [-0.15, -0.1) is 0 Å². The van der Waals surface area contributed by atoms with Crippen molar-refractivity contribution >= 4 is 17.5 Å². The van der Waals surface area contributed by atoms with Gasteiger partial charge in [-0.05, 0) is 43.7 Å². The summed E-state index contributed by atoms with van der Waals surface area (Å²) in [6.07, 6.45) is 3.54. The molecular formula is C19H27ClN4O. The van der Waals surface area contributed by atoms with Crippen molar-refractivity contribution in [2.24, 2.45) is 5.92 Å². The third kappa shape index (κ3) is 3.70. The van der Waals surface area contributed by atoms with E-state index >= 15 is 0 Å². The van der Waals surface area contributed by atoms with Crippen LogP contribution in [0.25, 0.3) is 0 Å². The zero-order valence-corrected chi connectivity index (χ0v) is 15.5.